The van der Waals surface area contributed by atoms with Gasteiger partial charge in [0.2, 0.25) is 0 Å². The summed E-state index contributed by atoms with van der Waals surface area (Å²) in [5.74, 6) is 2.11. The first kappa shape index (κ1) is 14.9. The summed E-state index contributed by atoms with van der Waals surface area (Å²) in [6.07, 6.45) is 1.92. The van der Waals surface area contributed by atoms with Gasteiger partial charge >= 0.3 is 0 Å². The van der Waals surface area contributed by atoms with Gasteiger partial charge in [0.25, 0.3) is 0 Å². The fraction of sp³-hybridized carbons (Fsp3) is 0.444. The Morgan fingerprint density at radius 2 is 1.90 bits per heavy atom. The lowest BCUT2D eigenvalue weighted by Gasteiger charge is -2.17. The van der Waals surface area contributed by atoms with E-state index in [1.807, 2.05) is 0 Å². The molecule has 0 aliphatic rings. The third kappa shape index (κ3) is 3.51. The Kier molecular flexibility index (Phi) is 5.02. The van der Waals surface area contributed by atoms with E-state index in [1.165, 1.54) is 16.7 Å². The SMILES string of the molecule is CCNC(Cc1cc(C)ccc1C)c1ccc(CC)o1. The van der Waals surface area contributed by atoms with E-state index in [-0.39, 0.29) is 6.04 Å². The summed E-state index contributed by atoms with van der Waals surface area (Å²) in [6, 6.07) is 11.1. The molecule has 0 bridgehead atoms. The van der Waals surface area contributed by atoms with E-state index in [0.29, 0.717) is 0 Å². The van der Waals surface area contributed by atoms with E-state index >= 15 is 0 Å². The highest BCUT2D eigenvalue weighted by atomic mass is 16.3. The van der Waals surface area contributed by atoms with Crippen molar-refractivity contribution in [3.05, 3.63) is 58.5 Å². The van der Waals surface area contributed by atoms with E-state index in [0.717, 1.165) is 30.9 Å². The van der Waals surface area contributed by atoms with Gasteiger partial charge in [-0.3, -0.25) is 0 Å². The standard InChI is InChI=1S/C18H25NO/c1-5-16-9-10-18(20-16)17(19-6-2)12-15-11-13(3)7-8-14(15)4/h7-11,17,19H,5-6,12H2,1-4H3. The van der Waals surface area contributed by atoms with Crippen LogP contribution in [0, 0.1) is 13.8 Å². The maximum atomic E-state index is 5.93. The molecule has 0 fully saturated rings. The van der Waals surface area contributed by atoms with Crippen LogP contribution in [0.5, 0.6) is 0 Å². The minimum atomic E-state index is 0.251. The lowest BCUT2D eigenvalue weighted by Crippen LogP contribution is -2.22. The minimum absolute atomic E-state index is 0.251. The van der Waals surface area contributed by atoms with Gasteiger partial charge in [-0.05, 0) is 50.1 Å². The first-order valence-electron chi connectivity index (χ1n) is 7.52. The summed E-state index contributed by atoms with van der Waals surface area (Å²) in [6.45, 7) is 9.53. The molecule has 1 N–H and O–H groups in total. The fourth-order valence-electron chi connectivity index (χ4n) is 2.53. The maximum absolute atomic E-state index is 5.93. The molecule has 2 heteroatoms. The molecule has 0 amide bonds. The van der Waals surface area contributed by atoms with Gasteiger partial charge in [0.05, 0.1) is 6.04 Å². The van der Waals surface area contributed by atoms with Crippen molar-refractivity contribution in [2.24, 2.45) is 0 Å². The summed E-state index contributed by atoms with van der Waals surface area (Å²) in [7, 11) is 0. The molecule has 0 spiro atoms. The summed E-state index contributed by atoms with van der Waals surface area (Å²) >= 11 is 0. The van der Waals surface area contributed by atoms with Crippen molar-refractivity contribution in [1.82, 2.24) is 5.32 Å². The number of aryl methyl sites for hydroxylation is 3. The lowest BCUT2D eigenvalue weighted by atomic mass is 9.98. The van der Waals surface area contributed by atoms with Crippen molar-refractivity contribution in [3.63, 3.8) is 0 Å². The molecule has 0 saturated carbocycles. The summed E-state index contributed by atoms with van der Waals surface area (Å²) in [4.78, 5) is 0. The molecule has 1 aromatic carbocycles. The van der Waals surface area contributed by atoms with Crippen LogP contribution >= 0.6 is 0 Å². The molecule has 1 aromatic heterocycles. The van der Waals surface area contributed by atoms with Crippen LogP contribution < -0.4 is 5.32 Å². The Bertz CT molecular complexity index is 556. The van der Waals surface area contributed by atoms with Crippen molar-refractivity contribution < 1.29 is 4.42 Å². The second kappa shape index (κ2) is 6.76. The molecule has 108 valence electrons. The lowest BCUT2D eigenvalue weighted by molar-refractivity contribution is 0.396. The Hall–Kier alpha value is -1.54. The zero-order chi connectivity index (χ0) is 14.5. The maximum Gasteiger partial charge on any atom is 0.121 e. The molecule has 1 unspecified atom stereocenters. The summed E-state index contributed by atoms with van der Waals surface area (Å²) in [5.41, 5.74) is 4.06. The summed E-state index contributed by atoms with van der Waals surface area (Å²) < 4.78 is 5.93. The van der Waals surface area contributed by atoms with Crippen LogP contribution in [0.3, 0.4) is 0 Å². The number of benzene rings is 1. The van der Waals surface area contributed by atoms with Crippen molar-refractivity contribution in [1.29, 1.82) is 0 Å². The first-order valence-corrected chi connectivity index (χ1v) is 7.52. The predicted molar refractivity (Wildman–Crippen MR) is 84.1 cm³/mol. The predicted octanol–water partition coefficient (Wildman–Crippen LogP) is 4.35. The van der Waals surface area contributed by atoms with Crippen LogP contribution in [0.25, 0.3) is 0 Å². The highest BCUT2D eigenvalue weighted by molar-refractivity contribution is 5.32. The smallest absolute Gasteiger partial charge is 0.121 e. The van der Waals surface area contributed by atoms with E-state index in [9.17, 15) is 0 Å². The van der Waals surface area contributed by atoms with Crippen molar-refractivity contribution in [2.75, 3.05) is 6.54 Å². The van der Waals surface area contributed by atoms with E-state index in [2.05, 4.69) is 63.3 Å². The number of furan rings is 1. The van der Waals surface area contributed by atoms with Crippen molar-refractivity contribution in [3.8, 4) is 0 Å². The van der Waals surface area contributed by atoms with Crippen LogP contribution in [-0.2, 0) is 12.8 Å². The van der Waals surface area contributed by atoms with Gasteiger partial charge in [-0.15, -0.1) is 0 Å². The van der Waals surface area contributed by atoms with Crippen LogP contribution in [-0.4, -0.2) is 6.54 Å². The van der Waals surface area contributed by atoms with Gasteiger partial charge in [0.1, 0.15) is 11.5 Å². The summed E-state index contributed by atoms with van der Waals surface area (Å²) in [5, 5.41) is 3.54. The molecule has 2 rings (SSSR count). The van der Waals surface area contributed by atoms with Crippen molar-refractivity contribution in [2.45, 2.75) is 46.6 Å². The topological polar surface area (TPSA) is 25.2 Å². The van der Waals surface area contributed by atoms with Gasteiger partial charge in [0.15, 0.2) is 0 Å². The fourth-order valence-corrected chi connectivity index (χ4v) is 2.53. The number of hydrogen-bond donors (Lipinski definition) is 1. The van der Waals surface area contributed by atoms with Gasteiger partial charge in [-0.2, -0.15) is 0 Å². The highest BCUT2D eigenvalue weighted by Gasteiger charge is 2.16. The molecule has 1 atom stereocenters. The largest absolute Gasteiger partial charge is 0.464 e. The van der Waals surface area contributed by atoms with E-state index in [1.54, 1.807) is 0 Å². The molecule has 0 saturated heterocycles. The van der Waals surface area contributed by atoms with Crippen LogP contribution in [0.4, 0.5) is 0 Å². The molecule has 2 aromatic rings. The number of nitrogens with one attached hydrogen (secondary N) is 1. The highest BCUT2D eigenvalue weighted by Crippen LogP contribution is 2.23. The molecule has 0 aliphatic heterocycles. The number of likely N-dealkylation sites (N-methyl/N-ethyl adjacent to an activating group) is 1. The Morgan fingerprint density at radius 3 is 2.55 bits per heavy atom. The molecule has 0 radical (unpaired) electrons. The zero-order valence-electron chi connectivity index (χ0n) is 13.0. The number of hydrogen-bond acceptors (Lipinski definition) is 2. The Morgan fingerprint density at radius 1 is 1.10 bits per heavy atom. The van der Waals surface area contributed by atoms with Gasteiger partial charge in [-0.25, -0.2) is 0 Å². The average Bonchev–Trinajstić information content (AvgIpc) is 2.91. The van der Waals surface area contributed by atoms with E-state index in [4.69, 9.17) is 4.42 Å². The van der Waals surface area contributed by atoms with Gasteiger partial charge < -0.3 is 9.73 Å². The van der Waals surface area contributed by atoms with E-state index < -0.39 is 0 Å². The van der Waals surface area contributed by atoms with Crippen LogP contribution in [0.15, 0.2) is 34.7 Å². The Labute approximate surface area is 122 Å². The molecule has 20 heavy (non-hydrogen) atoms. The average molecular weight is 271 g/mol. The van der Waals surface area contributed by atoms with Crippen molar-refractivity contribution >= 4 is 0 Å². The quantitative estimate of drug-likeness (QED) is 0.845. The molecule has 0 aliphatic carbocycles. The normalized spacial score (nSPS) is 12.6. The zero-order valence-corrected chi connectivity index (χ0v) is 13.0. The monoisotopic (exact) mass is 271 g/mol. The molecular weight excluding hydrogens is 246 g/mol. The number of rotatable bonds is 6. The third-order valence-corrected chi connectivity index (χ3v) is 3.75. The van der Waals surface area contributed by atoms with Gasteiger partial charge in [0, 0.05) is 6.42 Å². The van der Waals surface area contributed by atoms with Crippen LogP contribution in [0.1, 0.15) is 48.1 Å². The van der Waals surface area contributed by atoms with Crippen LogP contribution in [0.2, 0.25) is 0 Å². The third-order valence-electron chi connectivity index (χ3n) is 3.75. The van der Waals surface area contributed by atoms with Gasteiger partial charge in [-0.1, -0.05) is 37.6 Å². The Balaban J connectivity index is 2.22. The minimum Gasteiger partial charge on any atom is -0.464 e. The second-order valence-electron chi connectivity index (χ2n) is 5.40. The second-order valence-corrected chi connectivity index (χ2v) is 5.40. The molecular formula is C18H25NO. The first-order chi connectivity index (χ1) is 9.63. The molecule has 1 heterocycles. The molecule has 2 nitrogen and oxygen atoms in total.